The Hall–Kier alpha value is -3.59. The molecule has 31 heavy (non-hydrogen) atoms. The van der Waals surface area contributed by atoms with Gasteiger partial charge in [-0.2, -0.15) is 18.3 Å². The molecular formula is C21H14ClF3N4O2. The molecule has 0 aliphatic heterocycles. The van der Waals surface area contributed by atoms with Gasteiger partial charge in [0, 0.05) is 17.2 Å². The molecule has 0 radical (unpaired) electrons. The van der Waals surface area contributed by atoms with Crippen molar-refractivity contribution in [1.82, 2.24) is 14.9 Å². The summed E-state index contributed by atoms with van der Waals surface area (Å²) in [6.45, 7) is 1.69. The monoisotopic (exact) mass is 446 g/mol. The number of alkyl halides is 3. The minimum absolute atomic E-state index is 0.180. The standard InChI is InChI=1S/C21H14ClF3N4O2/c1-12-10-19(28-31-12)26-20(30)14-8-6-13(7-9-14)17-11-18(21(23,24)25)27-29(17)16-5-3-2-4-15(16)22/h2-11H,1H3,(H,26,28,30). The van der Waals surface area contributed by atoms with E-state index in [2.05, 4.69) is 15.6 Å². The van der Waals surface area contributed by atoms with Gasteiger partial charge in [-0.25, -0.2) is 4.68 Å². The van der Waals surface area contributed by atoms with Crippen LogP contribution in [-0.4, -0.2) is 20.8 Å². The second-order valence-electron chi connectivity index (χ2n) is 6.63. The van der Waals surface area contributed by atoms with Gasteiger partial charge in [0.25, 0.3) is 5.91 Å². The molecule has 0 atom stereocenters. The highest BCUT2D eigenvalue weighted by atomic mass is 35.5. The van der Waals surface area contributed by atoms with Crippen molar-refractivity contribution in [2.75, 3.05) is 5.32 Å². The van der Waals surface area contributed by atoms with E-state index in [1.165, 1.54) is 24.3 Å². The maximum Gasteiger partial charge on any atom is 0.435 e. The SMILES string of the molecule is Cc1cc(NC(=O)c2ccc(-c3cc(C(F)(F)F)nn3-c3ccccc3Cl)cc2)no1. The van der Waals surface area contributed by atoms with E-state index in [0.717, 1.165) is 10.7 Å². The quantitative estimate of drug-likeness (QED) is 0.432. The average molecular weight is 447 g/mol. The molecular weight excluding hydrogens is 433 g/mol. The molecule has 0 saturated carbocycles. The lowest BCUT2D eigenvalue weighted by molar-refractivity contribution is -0.141. The Kier molecular flexibility index (Phi) is 5.28. The second kappa shape index (κ2) is 7.92. The Morgan fingerprint density at radius 2 is 1.81 bits per heavy atom. The lowest BCUT2D eigenvalue weighted by atomic mass is 10.1. The molecule has 2 aromatic carbocycles. The van der Waals surface area contributed by atoms with E-state index in [9.17, 15) is 18.0 Å². The van der Waals surface area contributed by atoms with Crippen molar-refractivity contribution in [2.45, 2.75) is 13.1 Å². The first-order valence-electron chi connectivity index (χ1n) is 8.99. The van der Waals surface area contributed by atoms with Gasteiger partial charge in [0.05, 0.1) is 16.4 Å². The van der Waals surface area contributed by atoms with E-state index < -0.39 is 17.8 Å². The lowest BCUT2D eigenvalue weighted by Gasteiger charge is -2.10. The summed E-state index contributed by atoms with van der Waals surface area (Å²) in [5.41, 5.74) is 0.157. The van der Waals surface area contributed by atoms with Gasteiger partial charge in [-0.15, -0.1) is 0 Å². The van der Waals surface area contributed by atoms with Crippen LogP contribution in [0.1, 0.15) is 21.8 Å². The number of benzene rings is 2. The number of aromatic nitrogens is 3. The summed E-state index contributed by atoms with van der Waals surface area (Å²) in [5.74, 6) is 0.368. The molecule has 2 aromatic heterocycles. The minimum atomic E-state index is -4.63. The number of hydrogen-bond donors (Lipinski definition) is 1. The fourth-order valence-corrected chi connectivity index (χ4v) is 3.15. The van der Waals surface area contributed by atoms with Crippen molar-refractivity contribution in [3.8, 4) is 16.9 Å². The van der Waals surface area contributed by atoms with E-state index in [1.54, 1.807) is 37.3 Å². The number of anilines is 1. The zero-order valence-electron chi connectivity index (χ0n) is 15.9. The Balaban J connectivity index is 1.69. The number of rotatable bonds is 4. The number of aryl methyl sites for hydroxylation is 1. The van der Waals surface area contributed by atoms with Crippen LogP contribution < -0.4 is 5.32 Å². The largest absolute Gasteiger partial charge is 0.435 e. The molecule has 0 spiro atoms. The molecule has 1 amide bonds. The number of hydrogen-bond acceptors (Lipinski definition) is 4. The summed E-state index contributed by atoms with van der Waals surface area (Å²) in [6.07, 6.45) is -4.63. The number of nitrogens with zero attached hydrogens (tertiary/aromatic N) is 3. The molecule has 0 aliphatic rings. The number of carbonyl (C=O) groups excluding carboxylic acids is 1. The summed E-state index contributed by atoms with van der Waals surface area (Å²) in [4.78, 5) is 12.4. The van der Waals surface area contributed by atoms with Crippen LogP contribution in [0.15, 0.2) is 65.2 Å². The third-order valence-electron chi connectivity index (χ3n) is 4.39. The third-order valence-corrected chi connectivity index (χ3v) is 4.71. The van der Waals surface area contributed by atoms with Crippen molar-refractivity contribution in [2.24, 2.45) is 0 Å². The molecule has 4 rings (SSSR count). The fourth-order valence-electron chi connectivity index (χ4n) is 2.94. The van der Waals surface area contributed by atoms with Gasteiger partial charge >= 0.3 is 6.18 Å². The smallest absolute Gasteiger partial charge is 0.360 e. The molecule has 2 heterocycles. The van der Waals surface area contributed by atoms with Crippen molar-refractivity contribution >= 4 is 23.3 Å². The Labute approximate surface area is 179 Å². The van der Waals surface area contributed by atoms with Crippen LogP contribution in [0, 0.1) is 6.92 Å². The van der Waals surface area contributed by atoms with Crippen molar-refractivity contribution in [3.63, 3.8) is 0 Å². The molecule has 0 fully saturated rings. The molecule has 0 unspecified atom stereocenters. The van der Waals surface area contributed by atoms with Gasteiger partial charge in [0.2, 0.25) is 0 Å². The number of para-hydroxylation sites is 1. The van der Waals surface area contributed by atoms with Crippen LogP contribution in [0.25, 0.3) is 16.9 Å². The molecule has 0 aliphatic carbocycles. The van der Waals surface area contributed by atoms with E-state index in [1.807, 2.05) is 0 Å². The fraction of sp³-hybridized carbons (Fsp3) is 0.0952. The lowest BCUT2D eigenvalue weighted by Crippen LogP contribution is -2.11. The van der Waals surface area contributed by atoms with Crippen LogP contribution in [0.2, 0.25) is 5.02 Å². The Morgan fingerprint density at radius 3 is 2.42 bits per heavy atom. The van der Waals surface area contributed by atoms with Crippen molar-refractivity contribution in [1.29, 1.82) is 0 Å². The maximum absolute atomic E-state index is 13.3. The highest BCUT2D eigenvalue weighted by molar-refractivity contribution is 6.32. The highest BCUT2D eigenvalue weighted by Crippen LogP contribution is 2.34. The first kappa shape index (κ1) is 20.7. The number of amides is 1. The van der Waals surface area contributed by atoms with E-state index >= 15 is 0 Å². The van der Waals surface area contributed by atoms with Gasteiger partial charge in [-0.3, -0.25) is 4.79 Å². The average Bonchev–Trinajstić information content (AvgIpc) is 3.35. The van der Waals surface area contributed by atoms with Gasteiger partial charge in [-0.1, -0.05) is 41.0 Å². The summed E-state index contributed by atoms with van der Waals surface area (Å²) in [7, 11) is 0. The molecule has 158 valence electrons. The summed E-state index contributed by atoms with van der Waals surface area (Å²) in [5, 5.41) is 10.2. The maximum atomic E-state index is 13.3. The van der Waals surface area contributed by atoms with Crippen LogP contribution in [0.4, 0.5) is 19.0 Å². The van der Waals surface area contributed by atoms with E-state index in [4.69, 9.17) is 16.1 Å². The second-order valence-corrected chi connectivity index (χ2v) is 7.04. The molecule has 6 nitrogen and oxygen atoms in total. The van der Waals surface area contributed by atoms with Crippen LogP contribution in [0.5, 0.6) is 0 Å². The molecule has 0 saturated heterocycles. The zero-order valence-corrected chi connectivity index (χ0v) is 16.7. The van der Waals surface area contributed by atoms with E-state index in [-0.39, 0.29) is 16.5 Å². The predicted molar refractivity (Wildman–Crippen MR) is 108 cm³/mol. The Bertz CT molecular complexity index is 1250. The predicted octanol–water partition coefficient (Wildman–Crippen LogP) is 5.76. The van der Waals surface area contributed by atoms with Gasteiger partial charge in [-0.05, 0) is 37.3 Å². The molecule has 10 heteroatoms. The van der Waals surface area contributed by atoms with Crippen LogP contribution in [-0.2, 0) is 6.18 Å². The van der Waals surface area contributed by atoms with Crippen LogP contribution in [0.3, 0.4) is 0 Å². The summed E-state index contributed by atoms with van der Waals surface area (Å²) < 4.78 is 46.0. The zero-order chi connectivity index (χ0) is 22.2. The van der Waals surface area contributed by atoms with E-state index in [0.29, 0.717) is 22.6 Å². The van der Waals surface area contributed by atoms with Crippen LogP contribution >= 0.6 is 11.6 Å². The Morgan fingerprint density at radius 1 is 1.10 bits per heavy atom. The highest BCUT2D eigenvalue weighted by Gasteiger charge is 2.35. The number of nitrogens with one attached hydrogen (secondary N) is 1. The molecule has 1 N–H and O–H groups in total. The summed E-state index contributed by atoms with van der Waals surface area (Å²) in [6, 6.07) is 15.0. The molecule has 0 bridgehead atoms. The van der Waals surface area contributed by atoms with Gasteiger partial charge < -0.3 is 9.84 Å². The molecule has 4 aromatic rings. The van der Waals surface area contributed by atoms with Gasteiger partial charge in [0.1, 0.15) is 5.76 Å². The topological polar surface area (TPSA) is 73.0 Å². The van der Waals surface area contributed by atoms with Crippen molar-refractivity contribution < 1.29 is 22.5 Å². The summed E-state index contributed by atoms with van der Waals surface area (Å²) >= 11 is 6.18. The minimum Gasteiger partial charge on any atom is -0.360 e. The number of carbonyl (C=O) groups is 1. The third kappa shape index (κ3) is 4.31. The number of halogens is 4. The van der Waals surface area contributed by atoms with Gasteiger partial charge in [0.15, 0.2) is 11.5 Å². The first-order chi connectivity index (χ1) is 14.7. The normalized spacial score (nSPS) is 11.5. The van der Waals surface area contributed by atoms with Crippen molar-refractivity contribution in [3.05, 3.63) is 82.7 Å². The first-order valence-corrected chi connectivity index (χ1v) is 9.37.